The fourth-order valence-corrected chi connectivity index (χ4v) is 7.67. The number of aliphatic hydroxyl groups is 4. The van der Waals surface area contributed by atoms with Crippen molar-refractivity contribution < 1.29 is 73.4 Å². The van der Waals surface area contributed by atoms with E-state index in [0.717, 1.165) is 12.1 Å². The van der Waals surface area contributed by atoms with Crippen LogP contribution in [0.25, 0.3) is 0 Å². The fraction of sp³-hybridized carbons (Fsp3) is 0.516. The summed E-state index contributed by atoms with van der Waals surface area (Å²) < 4.78 is 35.5. The van der Waals surface area contributed by atoms with Crippen molar-refractivity contribution in [3.05, 3.63) is 59.2 Å². The van der Waals surface area contributed by atoms with Gasteiger partial charge in [-0.2, -0.15) is 0 Å². The molecule has 3 saturated carbocycles. The zero-order valence-corrected chi connectivity index (χ0v) is 24.6. The molecule has 2 aromatic carbocycles. The Morgan fingerprint density at radius 1 is 0.935 bits per heavy atom. The summed E-state index contributed by atoms with van der Waals surface area (Å²) in [5.74, 6) is -5.11. The van der Waals surface area contributed by atoms with Crippen molar-refractivity contribution in [3.63, 3.8) is 0 Å². The van der Waals surface area contributed by atoms with E-state index in [1.807, 2.05) is 0 Å². The highest BCUT2D eigenvalue weighted by Crippen LogP contribution is 2.78. The van der Waals surface area contributed by atoms with E-state index in [-0.39, 0.29) is 41.0 Å². The Morgan fingerprint density at radius 2 is 1.63 bits per heavy atom. The second-order valence-electron chi connectivity index (χ2n) is 12.7. The number of hydrogen-bond donors (Lipinski definition) is 6. The summed E-state index contributed by atoms with van der Waals surface area (Å²) >= 11 is 0. The summed E-state index contributed by atoms with van der Waals surface area (Å²) in [6, 6.07) is 8.84. The molecule has 3 aliphatic carbocycles. The standard InChI is InChI=1S/C31H32O15/c1-13(32)17-9-15(5-8-18(17)34)24(38)41-11-19-21(35)22(36)23(37)26(42-19)44-30-10-20-29(40)12-28(30,2)45-27(46-29)31(20,30)43-25(39)14-3-6-16(33)7-4-14/h3-9,19-23,26-27,33-37,40H,10-12H2,1-2H3/t19-,20?,21-,22+,23-,26+,27?,28+,29-,30-,31-/m1/s1. The van der Waals surface area contributed by atoms with Crippen molar-refractivity contribution in [2.45, 2.75) is 86.3 Å². The van der Waals surface area contributed by atoms with Crippen molar-refractivity contribution in [1.82, 2.24) is 0 Å². The van der Waals surface area contributed by atoms with Crippen LogP contribution in [0.2, 0.25) is 0 Å². The van der Waals surface area contributed by atoms with Gasteiger partial charge >= 0.3 is 11.9 Å². The first kappa shape index (κ1) is 31.0. The van der Waals surface area contributed by atoms with Crippen molar-refractivity contribution in [2.24, 2.45) is 5.92 Å². The van der Waals surface area contributed by atoms with Crippen LogP contribution in [0, 0.1) is 5.92 Å². The number of phenols is 2. The van der Waals surface area contributed by atoms with Crippen LogP contribution in [0.4, 0.5) is 0 Å². The van der Waals surface area contributed by atoms with Crippen LogP contribution < -0.4 is 0 Å². The van der Waals surface area contributed by atoms with Gasteiger partial charge in [-0.3, -0.25) is 4.79 Å². The van der Waals surface area contributed by atoms with Gasteiger partial charge in [0.1, 0.15) is 53.7 Å². The van der Waals surface area contributed by atoms with E-state index in [1.54, 1.807) is 6.92 Å². The Hall–Kier alpha value is -3.67. The number of benzene rings is 2. The number of ketones is 1. The third kappa shape index (κ3) is 4.10. The number of Topliss-reactive ketones (excluding diaryl/α,β-unsaturated/α-hetero) is 1. The Bertz CT molecular complexity index is 1610. The first-order valence-electron chi connectivity index (χ1n) is 14.6. The van der Waals surface area contributed by atoms with Crippen LogP contribution in [0.5, 0.6) is 11.5 Å². The number of aliphatic hydroxyl groups excluding tert-OH is 3. The summed E-state index contributed by atoms with van der Waals surface area (Å²) in [7, 11) is 0. The molecule has 2 unspecified atom stereocenters. The van der Waals surface area contributed by atoms with Gasteiger partial charge in [-0.15, -0.1) is 0 Å². The monoisotopic (exact) mass is 644 g/mol. The van der Waals surface area contributed by atoms with Crippen molar-refractivity contribution in [3.8, 4) is 11.5 Å². The second kappa shape index (κ2) is 10.2. The Morgan fingerprint density at radius 3 is 2.33 bits per heavy atom. The molecule has 6 bridgehead atoms. The fourth-order valence-electron chi connectivity index (χ4n) is 7.67. The quantitative estimate of drug-likeness (QED) is 0.163. The van der Waals surface area contributed by atoms with Crippen LogP contribution in [0.15, 0.2) is 42.5 Å². The summed E-state index contributed by atoms with van der Waals surface area (Å²) in [5.41, 5.74) is -4.67. The molecular weight excluding hydrogens is 612 g/mol. The largest absolute Gasteiger partial charge is 0.508 e. The highest BCUT2D eigenvalue weighted by molar-refractivity contribution is 6.00. The maximum atomic E-state index is 13.3. The van der Waals surface area contributed by atoms with Crippen LogP contribution in [0.1, 0.15) is 57.8 Å². The highest BCUT2D eigenvalue weighted by atomic mass is 16.8. The molecule has 4 saturated heterocycles. The maximum Gasteiger partial charge on any atom is 0.338 e. The van der Waals surface area contributed by atoms with E-state index in [9.17, 15) is 45.0 Å². The zero-order valence-electron chi connectivity index (χ0n) is 24.6. The molecular formula is C31H32O15. The topological polar surface area (TPSA) is 228 Å². The number of hydrogen-bond acceptors (Lipinski definition) is 15. The number of carbonyl (C=O) groups excluding carboxylic acids is 3. The van der Waals surface area contributed by atoms with E-state index < -0.39 is 89.8 Å². The predicted octanol–water partition coefficient (Wildman–Crippen LogP) is -0.127. The minimum Gasteiger partial charge on any atom is -0.508 e. The van der Waals surface area contributed by atoms with E-state index >= 15 is 0 Å². The predicted molar refractivity (Wildman–Crippen MR) is 147 cm³/mol. The average molecular weight is 645 g/mol. The summed E-state index contributed by atoms with van der Waals surface area (Å²) in [6.07, 6.45) is -9.74. The molecule has 0 spiro atoms. The van der Waals surface area contributed by atoms with E-state index in [2.05, 4.69) is 0 Å². The molecule has 4 heterocycles. The molecule has 15 heteroatoms. The Balaban J connectivity index is 1.13. The molecule has 11 atom stereocenters. The van der Waals surface area contributed by atoms with Gasteiger partial charge < -0.3 is 59.1 Å². The molecule has 0 amide bonds. The van der Waals surface area contributed by atoms with Crippen molar-refractivity contribution in [1.29, 1.82) is 0 Å². The third-order valence-electron chi connectivity index (χ3n) is 10.00. The van der Waals surface area contributed by atoms with Gasteiger partial charge in [-0.1, -0.05) is 0 Å². The van der Waals surface area contributed by atoms with Crippen LogP contribution >= 0.6 is 0 Å². The molecule has 246 valence electrons. The molecule has 15 nitrogen and oxygen atoms in total. The minimum atomic E-state index is -1.83. The molecule has 46 heavy (non-hydrogen) atoms. The van der Waals surface area contributed by atoms with E-state index in [4.69, 9.17) is 28.4 Å². The minimum absolute atomic E-state index is 0.0452. The number of rotatable bonds is 8. The van der Waals surface area contributed by atoms with Gasteiger partial charge in [0.15, 0.2) is 17.9 Å². The molecule has 9 rings (SSSR count). The third-order valence-corrected chi connectivity index (χ3v) is 10.00. The van der Waals surface area contributed by atoms with Gasteiger partial charge in [-0.25, -0.2) is 9.59 Å². The molecule has 7 fully saturated rings. The molecule has 4 aliphatic heterocycles. The summed E-state index contributed by atoms with van der Waals surface area (Å²) in [6.45, 7) is 2.23. The number of phenolic OH excluding ortho intramolecular Hbond substituents is 2. The molecule has 2 aromatic rings. The first-order chi connectivity index (χ1) is 21.6. The van der Waals surface area contributed by atoms with Crippen LogP contribution in [-0.2, 0) is 28.4 Å². The lowest BCUT2D eigenvalue weighted by atomic mass is 9.46. The van der Waals surface area contributed by atoms with Gasteiger partial charge in [0, 0.05) is 6.42 Å². The van der Waals surface area contributed by atoms with Gasteiger partial charge in [0.2, 0.25) is 11.9 Å². The Labute approximate surface area is 260 Å². The average Bonchev–Trinajstić information content (AvgIpc) is 3.19. The van der Waals surface area contributed by atoms with Crippen molar-refractivity contribution in [2.75, 3.05) is 6.61 Å². The Kier molecular flexibility index (Phi) is 6.84. The van der Waals surface area contributed by atoms with E-state index in [1.165, 1.54) is 37.3 Å². The summed E-state index contributed by atoms with van der Waals surface area (Å²) in [4.78, 5) is 37.9. The highest BCUT2D eigenvalue weighted by Gasteiger charge is 2.97. The smallest absolute Gasteiger partial charge is 0.338 e. The van der Waals surface area contributed by atoms with Crippen LogP contribution in [0.3, 0.4) is 0 Å². The lowest BCUT2D eigenvalue weighted by Gasteiger charge is -2.66. The number of esters is 2. The molecule has 6 N–H and O–H groups in total. The number of ether oxygens (including phenoxy) is 6. The SMILES string of the molecule is CC(=O)c1cc(C(=O)OC[C@H]2O[C@@H](O[C@@]34CC5[C@@]3(OC(=O)c3ccc(O)cc3)C3O[C@]5(O)C[C@]4(C)O3)[C@H](O)[C@@H](O)[C@@H]2O)ccc1O. The van der Waals surface area contributed by atoms with Gasteiger partial charge in [0.25, 0.3) is 0 Å². The lowest BCUT2D eigenvalue weighted by Crippen LogP contribution is -2.83. The molecule has 0 aromatic heterocycles. The van der Waals surface area contributed by atoms with E-state index in [0.29, 0.717) is 0 Å². The van der Waals surface area contributed by atoms with Gasteiger partial charge in [-0.05, 0) is 62.7 Å². The van der Waals surface area contributed by atoms with Gasteiger partial charge in [0.05, 0.1) is 22.6 Å². The summed E-state index contributed by atoms with van der Waals surface area (Å²) in [5, 5.41) is 63.2. The maximum absolute atomic E-state index is 13.3. The van der Waals surface area contributed by atoms with Crippen molar-refractivity contribution >= 4 is 17.7 Å². The lowest BCUT2D eigenvalue weighted by molar-refractivity contribution is -0.426. The normalized spacial score (nSPS) is 41.6. The van der Waals surface area contributed by atoms with Crippen LogP contribution in [-0.4, -0.2) is 115 Å². The first-order valence-corrected chi connectivity index (χ1v) is 14.6. The zero-order chi connectivity index (χ0) is 33.0. The molecule has 0 radical (unpaired) electrons. The second-order valence-corrected chi connectivity index (χ2v) is 12.7. The number of aromatic hydroxyl groups is 2. The molecule has 7 aliphatic rings. The number of carbonyl (C=O) groups is 3.